The second-order valence-corrected chi connectivity index (χ2v) is 5.32. The fourth-order valence-corrected chi connectivity index (χ4v) is 1.86. The van der Waals surface area contributed by atoms with Crippen LogP contribution in [0.25, 0.3) is 0 Å². The van der Waals surface area contributed by atoms with E-state index in [1.807, 2.05) is 0 Å². The van der Waals surface area contributed by atoms with Crippen LogP contribution in [0.3, 0.4) is 0 Å². The van der Waals surface area contributed by atoms with E-state index in [9.17, 15) is 4.79 Å². The van der Waals surface area contributed by atoms with Crippen LogP contribution in [0.15, 0.2) is 9.74 Å². The fourth-order valence-electron chi connectivity index (χ4n) is 1.62. The van der Waals surface area contributed by atoms with Gasteiger partial charge >= 0.3 is 5.97 Å². The molecule has 0 spiro atoms. The average Bonchev–Trinajstić information content (AvgIpc) is 2.21. The molecule has 1 atom stereocenters. The van der Waals surface area contributed by atoms with E-state index in [4.69, 9.17) is 5.11 Å². The summed E-state index contributed by atoms with van der Waals surface area (Å²) in [6.45, 7) is 9.19. The van der Waals surface area contributed by atoms with Crippen molar-refractivity contribution in [3.05, 3.63) is 0 Å². The zero-order valence-corrected chi connectivity index (χ0v) is 12.2. The molecule has 0 bridgehead atoms. The van der Waals surface area contributed by atoms with Crippen molar-refractivity contribution in [1.82, 2.24) is 0 Å². The van der Waals surface area contributed by atoms with Crippen LogP contribution in [-0.4, -0.2) is 29.4 Å². The number of carboxylic acid groups (broad SMARTS) is 1. The SMILES string of the molecule is CC/C(=N\CCCC(N=P)C(=O)O)C(C)(C)C. The lowest BCUT2D eigenvalue weighted by Crippen LogP contribution is -2.20. The Hall–Kier alpha value is -0.760. The van der Waals surface area contributed by atoms with Crippen LogP contribution >= 0.6 is 9.03 Å². The van der Waals surface area contributed by atoms with Gasteiger partial charge in [-0.15, -0.1) is 0 Å². The molecule has 0 aromatic heterocycles. The smallest absolute Gasteiger partial charge is 0.328 e. The molecule has 0 amide bonds. The number of carbonyl (C=O) groups is 1. The number of carboxylic acids is 1. The Kier molecular flexibility index (Phi) is 7.21. The van der Waals surface area contributed by atoms with Crippen molar-refractivity contribution in [2.45, 2.75) is 53.0 Å². The fraction of sp³-hybridized carbons (Fsp3) is 0.833. The van der Waals surface area contributed by atoms with Crippen molar-refractivity contribution >= 4 is 20.7 Å². The lowest BCUT2D eigenvalue weighted by molar-refractivity contribution is -0.138. The zero-order chi connectivity index (χ0) is 13.5. The van der Waals surface area contributed by atoms with Crippen LogP contribution in [0.5, 0.6) is 0 Å². The molecule has 1 N–H and O–H groups in total. The first-order chi connectivity index (χ1) is 7.82. The van der Waals surface area contributed by atoms with E-state index in [1.165, 1.54) is 5.71 Å². The Balaban J connectivity index is 4.17. The maximum Gasteiger partial charge on any atom is 0.328 e. The quantitative estimate of drug-likeness (QED) is 0.432. The molecule has 0 radical (unpaired) electrons. The van der Waals surface area contributed by atoms with E-state index in [0.717, 1.165) is 12.8 Å². The Morgan fingerprint density at radius 2 is 2.00 bits per heavy atom. The molecule has 17 heavy (non-hydrogen) atoms. The van der Waals surface area contributed by atoms with Gasteiger partial charge in [-0.2, -0.15) is 0 Å². The van der Waals surface area contributed by atoms with Crippen molar-refractivity contribution in [3.63, 3.8) is 0 Å². The summed E-state index contributed by atoms with van der Waals surface area (Å²) in [5.41, 5.74) is 1.28. The first-order valence-corrected chi connectivity index (χ1v) is 6.40. The number of aliphatic carboxylic acids is 1. The molecule has 98 valence electrons. The number of hydrogen-bond donors (Lipinski definition) is 1. The number of aliphatic imine (C=N–C) groups is 1. The van der Waals surface area contributed by atoms with Gasteiger partial charge in [-0.1, -0.05) is 27.7 Å². The average molecular weight is 258 g/mol. The van der Waals surface area contributed by atoms with E-state index in [1.54, 1.807) is 0 Å². The summed E-state index contributed by atoms with van der Waals surface area (Å²) >= 11 is 0. The van der Waals surface area contributed by atoms with E-state index >= 15 is 0 Å². The zero-order valence-electron chi connectivity index (χ0n) is 11.2. The molecule has 0 aliphatic heterocycles. The summed E-state index contributed by atoms with van der Waals surface area (Å²) in [6, 6.07) is -0.665. The van der Waals surface area contributed by atoms with E-state index < -0.39 is 12.0 Å². The third-order valence-corrected chi connectivity index (χ3v) is 2.89. The maximum absolute atomic E-state index is 10.7. The molecule has 0 rings (SSSR count). The predicted molar refractivity (Wildman–Crippen MR) is 73.4 cm³/mol. The molecule has 0 saturated heterocycles. The number of hydrogen-bond acceptors (Lipinski definition) is 3. The minimum Gasteiger partial charge on any atom is -0.480 e. The summed E-state index contributed by atoms with van der Waals surface area (Å²) in [5.74, 6) is -0.893. The van der Waals surface area contributed by atoms with Crippen molar-refractivity contribution in [1.29, 1.82) is 0 Å². The molecule has 0 aromatic rings. The van der Waals surface area contributed by atoms with Gasteiger partial charge in [0.05, 0.1) is 0 Å². The van der Waals surface area contributed by atoms with Gasteiger partial charge in [0, 0.05) is 12.3 Å². The van der Waals surface area contributed by atoms with Crippen LogP contribution < -0.4 is 0 Å². The van der Waals surface area contributed by atoms with Crippen LogP contribution in [0.4, 0.5) is 0 Å². The highest BCUT2D eigenvalue weighted by molar-refractivity contribution is 7.04. The Labute approximate surface area is 106 Å². The molecule has 0 heterocycles. The molecule has 0 fully saturated rings. The van der Waals surface area contributed by atoms with Crippen LogP contribution in [0.2, 0.25) is 0 Å². The van der Waals surface area contributed by atoms with Gasteiger partial charge in [-0.25, -0.2) is 4.79 Å². The molecule has 0 aliphatic carbocycles. The topological polar surface area (TPSA) is 62.0 Å². The van der Waals surface area contributed by atoms with Crippen molar-refractivity contribution in [2.24, 2.45) is 15.2 Å². The monoisotopic (exact) mass is 258 g/mol. The minimum absolute atomic E-state index is 0.0976. The van der Waals surface area contributed by atoms with Crippen molar-refractivity contribution in [2.75, 3.05) is 6.54 Å². The van der Waals surface area contributed by atoms with Gasteiger partial charge in [0.15, 0.2) is 6.04 Å². The number of rotatable bonds is 7. The summed E-state index contributed by atoms with van der Waals surface area (Å²) < 4.78 is 3.63. The maximum atomic E-state index is 10.7. The van der Waals surface area contributed by atoms with E-state index in [-0.39, 0.29) is 5.41 Å². The Bertz CT molecular complexity index is 295. The molecular weight excluding hydrogens is 235 g/mol. The van der Waals surface area contributed by atoms with Crippen LogP contribution in [-0.2, 0) is 4.79 Å². The van der Waals surface area contributed by atoms with Crippen LogP contribution in [0, 0.1) is 5.41 Å². The standard InChI is InChI=1S/C12H23N2O2P/c1-5-10(12(2,3)4)13-8-6-7-9(14-17)11(15)16/h9,17H,5-8H2,1-4H3,(H,15,16)/b13-10+. The third kappa shape index (κ3) is 6.52. The molecule has 4 nitrogen and oxygen atoms in total. The first kappa shape index (κ1) is 16.2. The van der Waals surface area contributed by atoms with E-state index in [0.29, 0.717) is 13.0 Å². The highest BCUT2D eigenvalue weighted by Crippen LogP contribution is 2.18. The highest BCUT2D eigenvalue weighted by Gasteiger charge is 2.17. The molecule has 5 heteroatoms. The molecule has 0 saturated carbocycles. The first-order valence-electron chi connectivity index (χ1n) is 5.96. The van der Waals surface area contributed by atoms with Crippen molar-refractivity contribution < 1.29 is 9.90 Å². The predicted octanol–water partition coefficient (Wildman–Crippen LogP) is 3.44. The molecular formula is C12H23N2O2P. The normalized spacial score (nSPS) is 14.5. The van der Waals surface area contributed by atoms with Gasteiger partial charge in [0.2, 0.25) is 0 Å². The molecule has 0 aliphatic rings. The van der Waals surface area contributed by atoms with Crippen LogP contribution in [0.1, 0.15) is 47.0 Å². The summed E-state index contributed by atoms with van der Waals surface area (Å²) in [4.78, 5) is 15.3. The lowest BCUT2D eigenvalue weighted by atomic mass is 9.88. The summed E-state index contributed by atoms with van der Waals surface area (Å²) in [6.07, 6.45) is 2.20. The molecule has 0 aromatic carbocycles. The summed E-state index contributed by atoms with van der Waals surface area (Å²) in [7, 11) is 2.90. The lowest BCUT2D eigenvalue weighted by Gasteiger charge is -2.20. The van der Waals surface area contributed by atoms with Gasteiger partial charge in [0.25, 0.3) is 0 Å². The summed E-state index contributed by atoms with van der Waals surface area (Å²) in [5, 5.41) is 8.80. The minimum atomic E-state index is -0.893. The van der Waals surface area contributed by atoms with Gasteiger partial charge in [-0.05, 0) is 33.7 Å². The largest absolute Gasteiger partial charge is 0.480 e. The van der Waals surface area contributed by atoms with Crippen molar-refractivity contribution in [3.8, 4) is 0 Å². The van der Waals surface area contributed by atoms with Gasteiger partial charge in [0.1, 0.15) is 0 Å². The molecule has 1 unspecified atom stereocenters. The second-order valence-electron chi connectivity index (χ2n) is 5.06. The number of nitrogens with zero attached hydrogens (tertiary/aromatic N) is 2. The van der Waals surface area contributed by atoms with Gasteiger partial charge in [-0.3, -0.25) is 9.74 Å². The van der Waals surface area contributed by atoms with E-state index in [2.05, 4.69) is 46.5 Å². The Morgan fingerprint density at radius 1 is 1.41 bits per heavy atom. The second kappa shape index (κ2) is 7.54. The highest BCUT2D eigenvalue weighted by atomic mass is 31.0. The van der Waals surface area contributed by atoms with Gasteiger partial charge < -0.3 is 5.11 Å². The third-order valence-electron chi connectivity index (χ3n) is 2.58. The Morgan fingerprint density at radius 3 is 2.35 bits per heavy atom.